The molecule has 0 unspecified atom stereocenters. The van der Waals surface area contributed by atoms with Crippen LogP contribution < -0.4 is 4.74 Å². The van der Waals surface area contributed by atoms with Gasteiger partial charge in [0.1, 0.15) is 18.2 Å². The van der Waals surface area contributed by atoms with E-state index in [-0.39, 0.29) is 53.7 Å². The molecule has 101 heavy (non-hydrogen) atoms. The molecule has 0 aromatic heterocycles. The third kappa shape index (κ3) is 20.0. The van der Waals surface area contributed by atoms with Crippen molar-refractivity contribution in [2.24, 2.45) is 0 Å². The van der Waals surface area contributed by atoms with E-state index in [0.29, 0.717) is 47.6 Å². The SMILES string of the molecule is CC(=O)COc1cccc([C@@H](c2ccc(C(C)=O)cc2)N2C[C@@H](C)N(Cc3ccccc3)C[C@@H]2C)c1.CC(=O)c1ccc([C@H](c2cccc(C)c2)N2C[C@@H](C)N(Cc3cccc(F)c3)C[C@@H]2C)cc1.CC(=O)c1ccc([C@H](c2ccccc2)N2C[C@@H](C)N(Cc3ccc(C)cc3)C[C@@H]2C)cc1. The van der Waals surface area contributed by atoms with E-state index in [4.69, 9.17) is 4.74 Å². The third-order valence-electron chi connectivity index (χ3n) is 20.5. The lowest BCUT2D eigenvalue weighted by molar-refractivity contribution is -0.118. The number of benzene rings is 9. The largest absolute Gasteiger partial charge is 0.486 e. The lowest BCUT2D eigenvalue weighted by atomic mass is 9.92. The lowest BCUT2D eigenvalue weighted by Gasteiger charge is -2.47. The summed E-state index contributed by atoms with van der Waals surface area (Å²) in [7, 11) is 0. The van der Waals surface area contributed by atoms with Crippen LogP contribution in [-0.2, 0) is 24.4 Å². The van der Waals surface area contributed by atoms with E-state index in [1.165, 1.54) is 57.5 Å². The van der Waals surface area contributed by atoms with E-state index < -0.39 is 0 Å². The molecule has 0 spiro atoms. The van der Waals surface area contributed by atoms with Crippen molar-refractivity contribution in [1.29, 1.82) is 0 Å². The monoisotopic (exact) mass is 1350 g/mol. The first-order valence-corrected chi connectivity index (χ1v) is 36.0. The van der Waals surface area contributed by atoms with Crippen molar-refractivity contribution in [3.63, 3.8) is 0 Å². The first kappa shape index (κ1) is 74.8. The minimum atomic E-state index is -0.180. The van der Waals surface area contributed by atoms with Crippen LogP contribution in [0.25, 0.3) is 0 Å². The van der Waals surface area contributed by atoms with Crippen molar-refractivity contribution in [3.05, 3.63) is 314 Å². The van der Waals surface area contributed by atoms with Crippen LogP contribution in [0.3, 0.4) is 0 Å². The first-order chi connectivity index (χ1) is 48.5. The highest BCUT2D eigenvalue weighted by Gasteiger charge is 2.38. The molecule has 9 atom stereocenters. The van der Waals surface area contributed by atoms with Gasteiger partial charge in [-0.1, -0.05) is 217 Å². The van der Waals surface area contributed by atoms with Gasteiger partial charge in [-0.05, 0) is 157 Å². The van der Waals surface area contributed by atoms with Gasteiger partial charge in [-0.15, -0.1) is 0 Å². The Morgan fingerprint density at radius 1 is 0.356 bits per heavy atom. The molecule has 0 radical (unpaired) electrons. The lowest BCUT2D eigenvalue weighted by Crippen LogP contribution is -2.56. The van der Waals surface area contributed by atoms with Crippen molar-refractivity contribution in [2.45, 2.75) is 157 Å². The van der Waals surface area contributed by atoms with E-state index in [0.717, 1.165) is 86.7 Å². The van der Waals surface area contributed by atoms with Gasteiger partial charge in [0.2, 0.25) is 0 Å². The summed E-state index contributed by atoms with van der Waals surface area (Å²) in [5.74, 6) is 0.765. The Balaban J connectivity index is 0.000000164. The Morgan fingerprint density at radius 3 is 1.13 bits per heavy atom. The number of rotatable bonds is 21. The number of aryl methyl sites for hydroxylation is 2. The number of carbonyl (C=O) groups excluding carboxylic acids is 4. The van der Waals surface area contributed by atoms with Gasteiger partial charge in [0.05, 0.1) is 18.1 Å². The quantitative estimate of drug-likeness (QED) is 0.0644. The zero-order valence-corrected chi connectivity index (χ0v) is 61.3. The molecule has 11 nitrogen and oxygen atoms in total. The fourth-order valence-corrected chi connectivity index (χ4v) is 14.9. The van der Waals surface area contributed by atoms with Gasteiger partial charge in [0, 0.05) is 112 Å². The Labute approximate surface area is 600 Å². The smallest absolute Gasteiger partial charge is 0.167 e. The second-order valence-corrected chi connectivity index (χ2v) is 28.7. The molecule has 0 saturated carbocycles. The van der Waals surface area contributed by atoms with Crippen LogP contribution in [0, 0.1) is 19.7 Å². The molecule has 3 saturated heterocycles. The number of hydrogen-bond donors (Lipinski definition) is 0. The maximum absolute atomic E-state index is 13.7. The molecule has 3 heterocycles. The van der Waals surface area contributed by atoms with Crippen LogP contribution >= 0.6 is 0 Å². The number of ketones is 4. The van der Waals surface area contributed by atoms with Crippen LogP contribution in [-0.4, -0.2) is 135 Å². The maximum atomic E-state index is 13.7. The molecule has 12 rings (SSSR count). The summed E-state index contributed by atoms with van der Waals surface area (Å²) in [6.45, 7) is 32.9. The highest BCUT2D eigenvalue weighted by molar-refractivity contribution is 5.95. The summed E-state index contributed by atoms with van der Waals surface area (Å²) in [5, 5.41) is 0. The van der Waals surface area contributed by atoms with Crippen LogP contribution in [0.2, 0.25) is 0 Å². The summed E-state index contributed by atoms with van der Waals surface area (Å²) in [6, 6.07) is 80.7. The van der Waals surface area contributed by atoms with E-state index in [1.54, 1.807) is 32.9 Å². The Hall–Kier alpha value is -8.85. The molecule has 3 aliphatic rings. The van der Waals surface area contributed by atoms with Gasteiger partial charge in [-0.2, -0.15) is 0 Å². The van der Waals surface area contributed by atoms with Crippen LogP contribution in [0.5, 0.6) is 5.75 Å². The molecule has 0 bridgehead atoms. The van der Waals surface area contributed by atoms with Gasteiger partial charge >= 0.3 is 0 Å². The Morgan fingerprint density at radius 2 is 0.713 bits per heavy atom. The van der Waals surface area contributed by atoms with E-state index in [9.17, 15) is 23.6 Å². The van der Waals surface area contributed by atoms with Gasteiger partial charge in [-0.3, -0.25) is 48.6 Å². The summed E-state index contributed by atoms with van der Waals surface area (Å²) in [4.78, 5) is 62.3. The number of halogens is 1. The molecule has 9 aromatic carbocycles. The first-order valence-electron chi connectivity index (χ1n) is 36.0. The van der Waals surface area contributed by atoms with Crippen LogP contribution in [0.1, 0.15) is 180 Å². The minimum absolute atomic E-state index is 0.00297. The average Bonchev–Trinajstić information content (AvgIpc) is 0.796. The normalized spacial score (nSPS) is 20.2. The minimum Gasteiger partial charge on any atom is -0.486 e. The number of nitrogens with zero attached hydrogens (tertiary/aromatic N) is 6. The zero-order chi connectivity index (χ0) is 71.9. The van der Waals surface area contributed by atoms with Crippen molar-refractivity contribution in [3.8, 4) is 5.75 Å². The van der Waals surface area contributed by atoms with E-state index in [1.807, 2.05) is 60.7 Å². The fraction of sp³-hybridized carbons (Fsp3) is 0.348. The molecule has 0 N–H and O–H groups in total. The second-order valence-electron chi connectivity index (χ2n) is 28.7. The summed E-state index contributed by atoms with van der Waals surface area (Å²) < 4.78 is 19.4. The average molecular weight is 1360 g/mol. The summed E-state index contributed by atoms with van der Waals surface area (Å²) in [5.41, 5.74) is 15.7. The fourth-order valence-electron chi connectivity index (χ4n) is 14.9. The Kier molecular flexibility index (Phi) is 26.1. The molecule has 0 aliphatic carbocycles. The van der Waals surface area contributed by atoms with Gasteiger partial charge in [0.15, 0.2) is 23.1 Å². The van der Waals surface area contributed by atoms with Gasteiger partial charge in [0.25, 0.3) is 0 Å². The molecular formula is C89H103FN6O5. The molecule has 0 amide bonds. The van der Waals surface area contributed by atoms with Crippen LogP contribution in [0.4, 0.5) is 4.39 Å². The zero-order valence-electron chi connectivity index (χ0n) is 61.3. The topological polar surface area (TPSA) is 96.9 Å². The summed E-state index contributed by atoms with van der Waals surface area (Å²) >= 11 is 0. The number of piperazine rings is 3. The number of Topliss-reactive ketones (excluding diaryl/α,β-unsaturated/α-hetero) is 4. The van der Waals surface area contributed by atoms with Crippen molar-refractivity contribution in [2.75, 3.05) is 45.9 Å². The maximum Gasteiger partial charge on any atom is 0.167 e. The van der Waals surface area contributed by atoms with Crippen molar-refractivity contribution >= 4 is 23.1 Å². The highest BCUT2D eigenvalue weighted by Crippen LogP contribution is 2.39. The third-order valence-corrected chi connectivity index (χ3v) is 20.5. The van der Waals surface area contributed by atoms with Crippen molar-refractivity contribution in [1.82, 2.24) is 29.4 Å². The Bertz CT molecular complexity index is 4170. The highest BCUT2D eigenvalue weighted by atomic mass is 19.1. The van der Waals surface area contributed by atoms with Gasteiger partial charge < -0.3 is 4.74 Å². The molecule has 12 heteroatoms. The molecule has 3 aliphatic heterocycles. The van der Waals surface area contributed by atoms with Crippen LogP contribution in [0.15, 0.2) is 231 Å². The van der Waals surface area contributed by atoms with Crippen molar-refractivity contribution < 1.29 is 28.3 Å². The number of carbonyl (C=O) groups is 4. The standard InChI is InChI=1S/C31H36N2O3.C29H33FN2O.C29H34N2O/c1-22-19-33(23(2)18-32(22)20-26-9-6-5-7-10-26)31(28-15-13-27(14-16-28)25(4)35)29-11-8-12-30(17-29)36-21-24(3)34;1-20-7-5-9-27(15-20)29(26-13-11-25(12-14-26)23(4)33)32-18-21(2)31(17-22(32)3)19-24-8-6-10-28(30)16-24;1-21-10-12-25(13-11-21)20-30-18-23(3)31(19-22(30)2)29(27-8-6-5-7-9-27)28-16-14-26(15-17-28)24(4)32/h5-17,22-23,31H,18-21H2,1-4H3;5-16,21-22,29H,17-19H2,1-4H3;5-17,22-23,29H,18-20H2,1-4H3/t22-,23+,31-;21-,22+,29-;22-,23+,29+/m111/s1. The molecular weight excluding hydrogens is 1250 g/mol. The van der Waals surface area contributed by atoms with E-state index in [2.05, 4.69) is 236 Å². The van der Waals surface area contributed by atoms with Gasteiger partial charge in [-0.25, -0.2) is 4.39 Å². The van der Waals surface area contributed by atoms with E-state index >= 15 is 0 Å². The molecule has 9 aromatic rings. The second kappa shape index (κ2) is 35.2. The molecule has 3 fully saturated rings. The molecule has 526 valence electrons. The number of hydrogen-bond acceptors (Lipinski definition) is 11. The number of ether oxygens (including phenoxy) is 1. The summed E-state index contributed by atoms with van der Waals surface area (Å²) in [6.07, 6.45) is 0. The predicted molar refractivity (Wildman–Crippen MR) is 407 cm³/mol. The predicted octanol–water partition coefficient (Wildman–Crippen LogP) is 17.4.